The molecule has 3 rings (SSSR count). The molecule has 1 atom stereocenters. The third-order valence-corrected chi connectivity index (χ3v) is 3.79. The van der Waals surface area contributed by atoms with Crippen LogP contribution in [0.3, 0.4) is 0 Å². The molecule has 2 aromatic rings. The first-order valence-electron chi connectivity index (χ1n) is 7.01. The van der Waals surface area contributed by atoms with Gasteiger partial charge in [0, 0.05) is 25.2 Å². The van der Waals surface area contributed by atoms with Crippen LogP contribution in [0.15, 0.2) is 28.8 Å². The van der Waals surface area contributed by atoms with Gasteiger partial charge in [-0.05, 0) is 20.0 Å². The predicted octanol–water partition coefficient (Wildman–Crippen LogP) is 1.52. The van der Waals surface area contributed by atoms with Crippen molar-refractivity contribution < 1.29 is 9.32 Å². The van der Waals surface area contributed by atoms with Gasteiger partial charge in [-0.2, -0.15) is 4.98 Å². The molecule has 1 aliphatic rings. The Morgan fingerprint density at radius 1 is 1.43 bits per heavy atom. The van der Waals surface area contributed by atoms with E-state index in [0.29, 0.717) is 22.8 Å². The first kappa shape index (κ1) is 13.9. The zero-order valence-corrected chi connectivity index (χ0v) is 12.2. The van der Waals surface area contributed by atoms with E-state index in [-0.39, 0.29) is 11.8 Å². The van der Waals surface area contributed by atoms with Crippen LogP contribution in [-0.2, 0) is 0 Å². The van der Waals surface area contributed by atoms with Gasteiger partial charge in [0.15, 0.2) is 11.6 Å². The second-order valence-corrected chi connectivity index (χ2v) is 5.26. The van der Waals surface area contributed by atoms with Crippen molar-refractivity contribution in [1.82, 2.24) is 20.4 Å². The second kappa shape index (κ2) is 5.75. The number of piperazine rings is 1. The minimum Gasteiger partial charge on any atom is -0.334 e. The fourth-order valence-electron chi connectivity index (χ4n) is 2.55. The van der Waals surface area contributed by atoms with Crippen LogP contribution in [0.5, 0.6) is 0 Å². The smallest absolute Gasteiger partial charge is 0.258 e. The van der Waals surface area contributed by atoms with Crippen LogP contribution < -0.4 is 5.32 Å². The zero-order chi connectivity index (χ0) is 14.8. The van der Waals surface area contributed by atoms with Crippen molar-refractivity contribution in [3.05, 3.63) is 35.7 Å². The normalized spacial score (nSPS) is 19.6. The fraction of sp³-hybridized carbons (Fsp3) is 0.400. The second-order valence-electron chi connectivity index (χ2n) is 5.26. The van der Waals surface area contributed by atoms with Crippen LogP contribution >= 0.6 is 0 Å². The molecular formula is C15H18N4O2. The Kier molecular flexibility index (Phi) is 3.81. The van der Waals surface area contributed by atoms with E-state index >= 15 is 0 Å². The number of hydrogen-bond donors (Lipinski definition) is 1. The average Bonchev–Trinajstić information content (AvgIpc) is 2.97. The lowest BCUT2D eigenvalue weighted by Crippen LogP contribution is -2.44. The highest BCUT2D eigenvalue weighted by molar-refractivity contribution is 5.99. The molecule has 21 heavy (non-hydrogen) atoms. The lowest BCUT2D eigenvalue weighted by Gasteiger charge is -2.30. The van der Waals surface area contributed by atoms with Gasteiger partial charge in [0.2, 0.25) is 0 Å². The molecule has 1 aromatic carbocycles. The predicted molar refractivity (Wildman–Crippen MR) is 78.0 cm³/mol. The quantitative estimate of drug-likeness (QED) is 0.863. The number of hydrogen-bond acceptors (Lipinski definition) is 6. The van der Waals surface area contributed by atoms with E-state index in [0.717, 1.165) is 19.6 Å². The van der Waals surface area contributed by atoms with Gasteiger partial charge in [0.1, 0.15) is 0 Å². The van der Waals surface area contributed by atoms with Crippen molar-refractivity contribution >= 4 is 5.78 Å². The van der Waals surface area contributed by atoms with Gasteiger partial charge in [-0.3, -0.25) is 9.69 Å². The molecule has 6 heteroatoms. The summed E-state index contributed by atoms with van der Waals surface area (Å²) in [7, 11) is 2.05. The molecule has 0 radical (unpaired) electrons. The highest BCUT2D eigenvalue weighted by atomic mass is 16.5. The molecule has 1 aliphatic heterocycles. The topological polar surface area (TPSA) is 71.3 Å². The first-order valence-corrected chi connectivity index (χ1v) is 7.01. The molecule has 1 saturated heterocycles. The fourth-order valence-corrected chi connectivity index (χ4v) is 2.55. The Hall–Kier alpha value is -2.05. The minimum absolute atomic E-state index is 0.0122. The molecule has 110 valence electrons. The number of benzene rings is 1. The molecule has 1 aromatic heterocycles. The lowest BCUT2D eigenvalue weighted by molar-refractivity contribution is 0.101. The number of ketones is 1. The summed E-state index contributed by atoms with van der Waals surface area (Å²) in [5.74, 6) is 1.04. The number of nitrogens with one attached hydrogen (secondary N) is 1. The molecular weight excluding hydrogens is 268 g/mol. The van der Waals surface area contributed by atoms with Crippen LogP contribution in [0.4, 0.5) is 0 Å². The summed E-state index contributed by atoms with van der Waals surface area (Å²) in [6, 6.07) is 7.39. The highest BCUT2D eigenvalue weighted by Crippen LogP contribution is 2.25. The van der Waals surface area contributed by atoms with Crippen molar-refractivity contribution in [3.8, 4) is 11.5 Å². The monoisotopic (exact) mass is 286 g/mol. The van der Waals surface area contributed by atoms with Gasteiger partial charge in [-0.15, -0.1) is 0 Å². The first-order chi connectivity index (χ1) is 10.2. The third-order valence-electron chi connectivity index (χ3n) is 3.79. The van der Waals surface area contributed by atoms with Crippen LogP contribution in [-0.4, -0.2) is 47.5 Å². The molecule has 0 amide bonds. The van der Waals surface area contributed by atoms with Gasteiger partial charge < -0.3 is 9.84 Å². The zero-order valence-electron chi connectivity index (χ0n) is 12.2. The number of nitrogens with zero attached hydrogens (tertiary/aromatic N) is 3. The van der Waals surface area contributed by atoms with E-state index in [1.54, 1.807) is 6.07 Å². The van der Waals surface area contributed by atoms with Crippen LogP contribution in [0, 0.1) is 0 Å². The summed E-state index contributed by atoms with van der Waals surface area (Å²) in [5, 5.41) is 7.41. The maximum atomic E-state index is 11.7. The third kappa shape index (κ3) is 2.72. The lowest BCUT2D eigenvalue weighted by atomic mass is 10.0. The standard InChI is InChI=1S/C15H18N4O2/c1-10(20)11-5-3-4-6-12(11)15-17-14(18-21-15)13-9-16-7-8-19(13)2/h3-6,13,16H,7-9H2,1-2H3. The van der Waals surface area contributed by atoms with Gasteiger partial charge >= 0.3 is 0 Å². The number of Topliss-reactive ketones (excluding diaryl/α,β-unsaturated/α-hetero) is 1. The Morgan fingerprint density at radius 3 is 3.00 bits per heavy atom. The average molecular weight is 286 g/mol. The summed E-state index contributed by atoms with van der Waals surface area (Å²) in [6.45, 7) is 4.24. The van der Waals surface area contributed by atoms with Crippen molar-refractivity contribution in [1.29, 1.82) is 0 Å². The van der Waals surface area contributed by atoms with E-state index in [4.69, 9.17) is 4.52 Å². The summed E-state index contributed by atoms with van der Waals surface area (Å²) < 4.78 is 5.38. The SMILES string of the molecule is CC(=O)c1ccccc1-c1nc(C2CNCCN2C)no1. The van der Waals surface area contributed by atoms with E-state index in [1.165, 1.54) is 6.92 Å². The van der Waals surface area contributed by atoms with Crippen LogP contribution in [0.25, 0.3) is 11.5 Å². The Balaban J connectivity index is 1.93. The van der Waals surface area contributed by atoms with Gasteiger partial charge in [-0.1, -0.05) is 23.4 Å². The summed E-state index contributed by atoms with van der Waals surface area (Å²) in [6.07, 6.45) is 0. The number of carbonyl (C=O) groups is 1. The van der Waals surface area contributed by atoms with Crippen LogP contribution in [0.2, 0.25) is 0 Å². The van der Waals surface area contributed by atoms with Gasteiger partial charge in [0.25, 0.3) is 5.89 Å². The van der Waals surface area contributed by atoms with Crippen molar-refractivity contribution in [2.75, 3.05) is 26.7 Å². The van der Waals surface area contributed by atoms with Crippen molar-refractivity contribution in [2.24, 2.45) is 0 Å². The highest BCUT2D eigenvalue weighted by Gasteiger charge is 2.26. The molecule has 0 bridgehead atoms. The van der Waals surface area contributed by atoms with Crippen molar-refractivity contribution in [2.45, 2.75) is 13.0 Å². The molecule has 6 nitrogen and oxygen atoms in total. The largest absolute Gasteiger partial charge is 0.334 e. The summed E-state index contributed by atoms with van der Waals surface area (Å²) >= 11 is 0. The van der Waals surface area contributed by atoms with E-state index in [1.807, 2.05) is 25.2 Å². The molecule has 2 heterocycles. The van der Waals surface area contributed by atoms with E-state index in [2.05, 4.69) is 20.4 Å². The van der Waals surface area contributed by atoms with Gasteiger partial charge in [0.05, 0.1) is 11.6 Å². The van der Waals surface area contributed by atoms with E-state index < -0.39 is 0 Å². The van der Waals surface area contributed by atoms with E-state index in [9.17, 15) is 4.79 Å². The Bertz CT molecular complexity index is 653. The molecule has 0 saturated carbocycles. The number of likely N-dealkylation sites (N-methyl/N-ethyl adjacent to an activating group) is 1. The Labute approximate surface area is 123 Å². The number of rotatable bonds is 3. The van der Waals surface area contributed by atoms with Crippen molar-refractivity contribution in [3.63, 3.8) is 0 Å². The number of aromatic nitrogens is 2. The molecule has 0 aliphatic carbocycles. The molecule has 1 N–H and O–H groups in total. The maximum Gasteiger partial charge on any atom is 0.258 e. The molecule has 1 fully saturated rings. The van der Waals surface area contributed by atoms with Gasteiger partial charge in [-0.25, -0.2) is 0 Å². The summed E-state index contributed by atoms with van der Waals surface area (Å²) in [5.41, 5.74) is 1.29. The maximum absolute atomic E-state index is 11.7. The summed E-state index contributed by atoms with van der Waals surface area (Å²) in [4.78, 5) is 18.4. The molecule has 1 unspecified atom stereocenters. The number of carbonyl (C=O) groups excluding carboxylic acids is 1. The van der Waals surface area contributed by atoms with Crippen LogP contribution in [0.1, 0.15) is 29.1 Å². The minimum atomic E-state index is -0.0122. The molecule has 0 spiro atoms. The Morgan fingerprint density at radius 2 is 2.24 bits per heavy atom.